The number of carbonyl (C=O) groups excluding carboxylic acids is 1. The van der Waals surface area contributed by atoms with Crippen molar-refractivity contribution in [2.45, 2.75) is 13.1 Å². The molecule has 0 fully saturated rings. The number of rotatable bonds is 8. The van der Waals surface area contributed by atoms with E-state index in [0.717, 1.165) is 5.56 Å². The summed E-state index contributed by atoms with van der Waals surface area (Å²) in [5.74, 6) is 1.25. The third kappa shape index (κ3) is 5.16. The van der Waals surface area contributed by atoms with Crippen LogP contribution < -0.4 is 30.4 Å². The highest BCUT2D eigenvalue weighted by molar-refractivity contribution is 5.90. The van der Waals surface area contributed by atoms with Crippen LogP contribution >= 0.6 is 0 Å². The zero-order valence-electron chi connectivity index (χ0n) is 19.6. The van der Waals surface area contributed by atoms with Gasteiger partial charge in [0.1, 0.15) is 0 Å². The Labute approximate surface area is 201 Å². The van der Waals surface area contributed by atoms with Gasteiger partial charge in [-0.2, -0.15) is 5.10 Å². The van der Waals surface area contributed by atoms with Crippen molar-refractivity contribution in [3.05, 3.63) is 82.5 Å². The molecule has 2 heterocycles. The first kappa shape index (κ1) is 23.6. The van der Waals surface area contributed by atoms with Crippen LogP contribution in [-0.4, -0.2) is 42.1 Å². The smallest absolute Gasteiger partial charge is 0.319 e. The first-order valence-electron chi connectivity index (χ1n) is 10.8. The third-order valence-electron chi connectivity index (χ3n) is 5.34. The molecular weight excluding hydrogens is 450 g/mol. The van der Waals surface area contributed by atoms with Gasteiger partial charge in [0.2, 0.25) is 5.75 Å². The number of benzene rings is 2. The number of carbonyl (C=O) groups is 1. The van der Waals surface area contributed by atoms with E-state index in [1.54, 1.807) is 42.7 Å². The molecule has 180 valence electrons. The number of hydrogen-bond donors (Lipinski definition) is 2. The van der Waals surface area contributed by atoms with Crippen molar-refractivity contribution < 1.29 is 19.0 Å². The van der Waals surface area contributed by atoms with Crippen molar-refractivity contribution in [1.29, 1.82) is 0 Å². The van der Waals surface area contributed by atoms with Gasteiger partial charge < -0.3 is 24.8 Å². The number of aromatic nitrogens is 3. The van der Waals surface area contributed by atoms with Crippen LogP contribution in [0.25, 0.3) is 10.8 Å². The summed E-state index contributed by atoms with van der Waals surface area (Å²) >= 11 is 0. The van der Waals surface area contributed by atoms with E-state index in [-0.39, 0.29) is 18.6 Å². The maximum Gasteiger partial charge on any atom is 0.319 e. The van der Waals surface area contributed by atoms with E-state index in [2.05, 4.69) is 20.7 Å². The van der Waals surface area contributed by atoms with Crippen LogP contribution in [0.3, 0.4) is 0 Å². The van der Waals surface area contributed by atoms with Crippen LogP contribution in [0.5, 0.6) is 17.2 Å². The highest BCUT2D eigenvalue weighted by atomic mass is 16.5. The van der Waals surface area contributed by atoms with Crippen molar-refractivity contribution in [2.75, 3.05) is 26.6 Å². The summed E-state index contributed by atoms with van der Waals surface area (Å²) < 4.78 is 17.3. The first-order valence-corrected chi connectivity index (χ1v) is 10.8. The summed E-state index contributed by atoms with van der Waals surface area (Å²) in [5, 5.41) is 11.3. The Balaban J connectivity index is 1.56. The van der Waals surface area contributed by atoms with Crippen LogP contribution in [0.15, 0.2) is 65.7 Å². The molecule has 2 N–H and O–H groups in total. The van der Waals surface area contributed by atoms with Crippen LogP contribution in [0.1, 0.15) is 11.3 Å². The Morgan fingerprint density at radius 2 is 1.69 bits per heavy atom. The summed E-state index contributed by atoms with van der Waals surface area (Å²) in [6.45, 7) is 0.367. The molecular formula is C25H25N5O5. The number of pyridine rings is 1. The number of amides is 2. The summed E-state index contributed by atoms with van der Waals surface area (Å²) in [6.07, 6.45) is 3.36. The van der Waals surface area contributed by atoms with Gasteiger partial charge in [-0.1, -0.05) is 24.3 Å². The Morgan fingerprint density at radius 3 is 2.31 bits per heavy atom. The van der Waals surface area contributed by atoms with Crippen LogP contribution in [0, 0.1) is 0 Å². The lowest BCUT2D eigenvalue weighted by Crippen LogP contribution is -2.31. The zero-order valence-corrected chi connectivity index (χ0v) is 19.6. The van der Waals surface area contributed by atoms with Crippen molar-refractivity contribution >= 4 is 22.5 Å². The lowest BCUT2D eigenvalue weighted by molar-refractivity contribution is 0.251. The summed E-state index contributed by atoms with van der Waals surface area (Å²) in [7, 11) is 4.50. The largest absolute Gasteiger partial charge is 0.493 e. The highest BCUT2D eigenvalue weighted by Crippen LogP contribution is 2.39. The maximum atomic E-state index is 13.0. The SMILES string of the molecule is COc1cc(NC(=O)NCc2nn(Cc3cccnc3)c(=O)c3ccccc23)cc(OC)c1OC. The second kappa shape index (κ2) is 10.6. The molecule has 0 aliphatic rings. The number of urea groups is 1. The number of nitrogens with one attached hydrogen (secondary N) is 2. The lowest BCUT2D eigenvalue weighted by Gasteiger charge is -2.15. The van der Waals surface area contributed by atoms with E-state index in [9.17, 15) is 9.59 Å². The Bertz CT molecular complexity index is 1380. The second-order valence-electron chi connectivity index (χ2n) is 7.54. The molecule has 0 atom stereocenters. The molecule has 0 saturated heterocycles. The van der Waals surface area contributed by atoms with Crippen LogP contribution in [0.2, 0.25) is 0 Å². The van der Waals surface area contributed by atoms with Gasteiger partial charge in [0, 0.05) is 29.9 Å². The predicted molar refractivity (Wildman–Crippen MR) is 131 cm³/mol. The average Bonchev–Trinajstić information content (AvgIpc) is 2.89. The number of fused-ring (bicyclic) bond motifs is 1. The molecule has 4 aromatic rings. The molecule has 35 heavy (non-hydrogen) atoms. The third-order valence-corrected chi connectivity index (χ3v) is 5.34. The van der Waals surface area contributed by atoms with Gasteiger partial charge in [-0.25, -0.2) is 9.48 Å². The normalized spacial score (nSPS) is 10.6. The molecule has 0 bridgehead atoms. The molecule has 4 rings (SSSR count). The Hall–Kier alpha value is -4.60. The van der Waals surface area contributed by atoms with E-state index in [1.807, 2.05) is 18.2 Å². The highest BCUT2D eigenvalue weighted by Gasteiger charge is 2.16. The van der Waals surface area contributed by atoms with E-state index >= 15 is 0 Å². The predicted octanol–water partition coefficient (Wildman–Crippen LogP) is 3.19. The average molecular weight is 476 g/mol. The van der Waals surface area contributed by atoms with Gasteiger partial charge in [0.15, 0.2) is 11.5 Å². The van der Waals surface area contributed by atoms with Gasteiger partial charge in [0.25, 0.3) is 5.56 Å². The lowest BCUT2D eigenvalue weighted by atomic mass is 10.1. The van der Waals surface area contributed by atoms with E-state index in [0.29, 0.717) is 39.4 Å². The van der Waals surface area contributed by atoms with E-state index in [4.69, 9.17) is 14.2 Å². The van der Waals surface area contributed by atoms with Crippen molar-refractivity contribution in [3.8, 4) is 17.2 Å². The minimum atomic E-state index is -0.463. The molecule has 0 aliphatic carbocycles. The van der Waals surface area contributed by atoms with Gasteiger partial charge in [-0.05, 0) is 17.7 Å². The minimum absolute atomic E-state index is 0.101. The second-order valence-corrected chi connectivity index (χ2v) is 7.54. The van der Waals surface area contributed by atoms with Gasteiger partial charge in [-0.15, -0.1) is 0 Å². The molecule has 10 nitrogen and oxygen atoms in total. The summed E-state index contributed by atoms with van der Waals surface area (Å²) in [5.41, 5.74) is 1.65. The van der Waals surface area contributed by atoms with Crippen LogP contribution in [0.4, 0.5) is 10.5 Å². The topological polar surface area (TPSA) is 117 Å². The number of ether oxygens (including phenoxy) is 3. The molecule has 2 amide bonds. The number of hydrogen-bond acceptors (Lipinski definition) is 7. The Morgan fingerprint density at radius 1 is 0.971 bits per heavy atom. The molecule has 2 aromatic heterocycles. The quantitative estimate of drug-likeness (QED) is 0.402. The molecule has 0 radical (unpaired) electrons. The Kier molecular flexibility index (Phi) is 7.10. The van der Waals surface area contributed by atoms with Gasteiger partial charge in [0.05, 0.1) is 51.2 Å². The number of nitrogens with zero attached hydrogens (tertiary/aromatic N) is 3. The monoisotopic (exact) mass is 475 g/mol. The molecule has 0 spiro atoms. The molecule has 10 heteroatoms. The zero-order chi connectivity index (χ0) is 24.8. The van der Waals surface area contributed by atoms with Crippen LogP contribution in [-0.2, 0) is 13.1 Å². The molecule has 2 aromatic carbocycles. The number of methoxy groups -OCH3 is 3. The fourth-order valence-corrected chi connectivity index (χ4v) is 3.70. The molecule has 0 saturated carbocycles. The van der Waals surface area contributed by atoms with Gasteiger partial charge in [-0.3, -0.25) is 9.78 Å². The fourth-order valence-electron chi connectivity index (χ4n) is 3.70. The molecule has 0 aliphatic heterocycles. The van der Waals surface area contributed by atoms with Crippen molar-refractivity contribution in [1.82, 2.24) is 20.1 Å². The van der Waals surface area contributed by atoms with E-state index < -0.39 is 6.03 Å². The van der Waals surface area contributed by atoms with Crippen molar-refractivity contribution in [3.63, 3.8) is 0 Å². The minimum Gasteiger partial charge on any atom is -0.493 e. The summed E-state index contributed by atoms with van der Waals surface area (Å²) in [4.78, 5) is 29.8. The fraction of sp³-hybridized carbons (Fsp3) is 0.200. The van der Waals surface area contributed by atoms with Crippen molar-refractivity contribution in [2.24, 2.45) is 0 Å². The number of anilines is 1. The maximum absolute atomic E-state index is 13.0. The first-order chi connectivity index (χ1) is 17.0. The summed E-state index contributed by atoms with van der Waals surface area (Å²) in [6, 6.07) is 13.7. The standard InChI is InChI=1S/C25H25N5O5/c1-33-21-11-17(12-22(34-2)23(21)35-3)28-25(32)27-14-20-18-8-4-5-9-19(18)24(31)30(29-20)15-16-7-6-10-26-13-16/h4-13H,14-15H2,1-3H3,(H2,27,28,32). The molecule has 0 unspecified atom stereocenters. The van der Waals surface area contributed by atoms with E-state index in [1.165, 1.54) is 26.0 Å². The van der Waals surface area contributed by atoms with Gasteiger partial charge >= 0.3 is 6.03 Å².